The quantitative estimate of drug-likeness (QED) is 0.344. The van der Waals surface area contributed by atoms with Crippen LogP contribution in [0.5, 0.6) is 0 Å². The average molecular weight is 645 g/mol. The minimum Gasteiger partial charge on any atom is -0.340 e. The van der Waals surface area contributed by atoms with Gasteiger partial charge in [0.15, 0.2) is 0 Å². The molecule has 2 aromatic heterocycles. The largest absolute Gasteiger partial charge is 0.399 e. The van der Waals surface area contributed by atoms with Crippen LogP contribution in [-0.4, -0.2) is 73.5 Å². The third-order valence-corrected chi connectivity index (χ3v) is 11.7. The second kappa shape index (κ2) is 10.7. The van der Waals surface area contributed by atoms with E-state index in [2.05, 4.69) is 10.3 Å². The van der Waals surface area contributed by atoms with Gasteiger partial charge in [0.25, 0.3) is 5.91 Å². The van der Waals surface area contributed by atoms with E-state index in [-0.39, 0.29) is 34.0 Å². The molecule has 5 heterocycles. The van der Waals surface area contributed by atoms with Crippen molar-refractivity contribution in [3.8, 4) is 0 Å². The molecule has 0 spiro atoms. The molecule has 0 unspecified atom stereocenters. The van der Waals surface area contributed by atoms with Crippen LogP contribution in [0.4, 0.5) is 8.78 Å². The van der Waals surface area contributed by atoms with Crippen molar-refractivity contribution in [3.63, 3.8) is 0 Å². The zero-order valence-electron chi connectivity index (χ0n) is 23.5. The van der Waals surface area contributed by atoms with Crippen molar-refractivity contribution in [1.82, 2.24) is 20.1 Å². The van der Waals surface area contributed by atoms with Crippen molar-refractivity contribution in [2.75, 3.05) is 13.1 Å². The zero-order chi connectivity index (χ0) is 31.0. The monoisotopic (exact) mass is 644 g/mol. The number of fused-ring (bicyclic) bond motifs is 3. The average Bonchev–Trinajstić information content (AvgIpc) is 3.33. The number of carbonyl (C=O) groups excluding carboxylic acids is 3. The predicted molar refractivity (Wildman–Crippen MR) is 157 cm³/mol. The fourth-order valence-corrected chi connectivity index (χ4v) is 8.47. The highest BCUT2D eigenvalue weighted by Gasteiger charge is 2.53. The van der Waals surface area contributed by atoms with Gasteiger partial charge in [-0.25, -0.2) is 0 Å². The number of carbonyl (C=O) groups is 3. The van der Waals surface area contributed by atoms with E-state index in [4.69, 9.17) is 9.79 Å². The SMILES string of the molecule is O=C(N[C@H]1C[C@H]2C[C@H]2C[C@H]2CC[C@@H](C(=O)N3CC(c4ccccn4)C3)N2C1=O)c1cc2cc(C(F)(F)P(=O)(O)O)ccc2s1. The highest BCUT2D eigenvalue weighted by Crippen LogP contribution is 2.59. The number of thiophene rings is 1. The number of hydrogen-bond acceptors (Lipinski definition) is 6. The van der Waals surface area contributed by atoms with E-state index in [1.165, 1.54) is 12.1 Å². The maximum atomic E-state index is 14.3. The normalized spacial score (nSPS) is 27.3. The number of halogens is 2. The third-order valence-electron chi connectivity index (χ3n) is 9.58. The Morgan fingerprint density at radius 1 is 1.05 bits per heavy atom. The summed E-state index contributed by atoms with van der Waals surface area (Å²) >= 11 is 1.04. The van der Waals surface area contributed by atoms with Crippen LogP contribution in [0, 0.1) is 11.8 Å². The molecule has 4 fully saturated rings. The van der Waals surface area contributed by atoms with E-state index in [9.17, 15) is 27.7 Å². The minimum atomic E-state index is -5.75. The molecular weight excluding hydrogens is 613 g/mol. The molecule has 3 saturated heterocycles. The van der Waals surface area contributed by atoms with Gasteiger partial charge in [-0.1, -0.05) is 12.1 Å². The molecular formula is C30H31F2N4O6PS. The molecule has 14 heteroatoms. The Balaban J connectivity index is 1.08. The fraction of sp³-hybridized carbons (Fsp3) is 0.467. The van der Waals surface area contributed by atoms with Crippen molar-refractivity contribution in [2.24, 2.45) is 11.8 Å². The van der Waals surface area contributed by atoms with Crippen molar-refractivity contribution >= 4 is 46.7 Å². The highest BCUT2D eigenvalue weighted by atomic mass is 32.1. The van der Waals surface area contributed by atoms with Crippen LogP contribution < -0.4 is 5.32 Å². The molecule has 3 aliphatic heterocycles. The predicted octanol–water partition coefficient (Wildman–Crippen LogP) is 4.04. The summed E-state index contributed by atoms with van der Waals surface area (Å²) in [7, 11) is -5.75. The van der Waals surface area contributed by atoms with Gasteiger partial charge in [0, 0.05) is 47.2 Å². The Bertz CT molecular complexity index is 1690. The smallest absolute Gasteiger partial charge is 0.340 e. The molecule has 1 aromatic carbocycles. The van der Waals surface area contributed by atoms with Gasteiger partial charge < -0.3 is 24.9 Å². The van der Waals surface area contributed by atoms with Crippen LogP contribution in [0.2, 0.25) is 0 Å². The summed E-state index contributed by atoms with van der Waals surface area (Å²) in [6.45, 7) is 1.11. The molecule has 5 atom stereocenters. The lowest BCUT2D eigenvalue weighted by molar-refractivity contribution is -0.149. The van der Waals surface area contributed by atoms with Gasteiger partial charge in [-0.3, -0.25) is 23.9 Å². The van der Waals surface area contributed by atoms with Gasteiger partial charge in [-0.2, -0.15) is 8.78 Å². The molecule has 3 N–H and O–H groups in total. The summed E-state index contributed by atoms with van der Waals surface area (Å²) in [5.74, 6) is 0.0510. The Morgan fingerprint density at radius 2 is 1.82 bits per heavy atom. The number of nitrogens with one attached hydrogen (secondary N) is 1. The summed E-state index contributed by atoms with van der Waals surface area (Å²) in [6, 6.07) is 8.85. The molecule has 1 aliphatic carbocycles. The number of rotatable bonds is 6. The first kappa shape index (κ1) is 29.5. The van der Waals surface area contributed by atoms with Crippen LogP contribution >= 0.6 is 18.9 Å². The van der Waals surface area contributed by atoms with Crippen molar-refractivity contribution in [3.05, 3.63) is 64.8 Å². The van der Waals surface area contributed by atoms with Crippen LogP contribution in [0.1, 0.15) is 59.0 Å². The number of aromatic nitrogens is 1. The fourth-order valence-electron chi connectivity index (χ4n) is 7.05. The molecule has 3 amide bonds. The van der Waals surface area contributed by atoms with Crippen LogP contribution in [0.15, 0.2) is 48.7 Å². The summed E-state index contributed by atoms with van der Waals surface area (Å²) in [5, 5.41) is 3.11. The van der Waals surface area contributed by atoms with Crippen molar-refractivity contribution < 1.29 is 37.5 Å². The number of alkyl halides is 2. The first-order valence-electron chi connectivity index (χ1n) is 14.7. The Hall–Kier alpha value is -3.25. The topological polar surface area (TPSA) is 140 Å². The molecule has 44 heavy (non-hydrogen) atoms. The second-order valence-corrected chi connectivity index (χ2v) is 15.1. The minimum absolute atomic E-state index is 0.0579. The maximum Gasteiger partial charge on any atom is 0.399 e. The highest BCUT2D eigenvalue weighted by molar-refractivity contribution is 7.52. The zero-order valence-corrected chi connectivity index (χ0v) is 25.2. The van der Waals surface area contributed by atoms with E-state index in [0.29, 0.717) is 42.5 Å². The van der Waals surface area contributed by atoms with E-state index < -0.39 is 36.8 Å². The number of hydrogen-bond donors (Lipinski definition) is 3. The summed E-state index contributed by atoms with van der Waals surface area (Å²) in [4.78, 5) is 67.4. The van der Waals surface area contributed by atoms with Crippen LogP contribution in [0.25, 0.3) is 10.1 Å². The second-order valence-electron chi connectivity index (χ2n) is 12.4. The number of benzene rings is 1. The molecule has 4 aliphatic rings. The Kier molecular flexibility index (Phi) is 7.15. The number of pyridine rings is 1. The summed E-state index contributed by atoms with van der Waals surface area (Å²) in [5.41, 5.74) is -4.27. The first-order valence-corrected chi connectivity index (χ1v) is 17.1. The Labute approximate surface area is 255 Å². The molecule has 7 rings (SSSR count). The molecule has 232 valence electrons. The third kappa shape index (κ3) is 5.13. The van der Waals surface area contributed by atoms with Crippen LogP contribution in [0.3, 0.4) is 0 Å². The van der Waals surface area contributed by atoms with Gasteiger partial charge in [0.1, 0.15) is 12.1 Å². The molecule has 1 saturated carbocycles. The van der Waals surface area contributed by atoms with Gasteiger partial charge in [0.2, 0.25) is 11.8 Å². The van der Waals surface area contributed by atoms with Gasteiger partial charge >= 0.3 is 13.3 Å². The van der Waals surface area contributed by atoms with Crippen molar-refractivity contribution in [1.29, 1.82) is 0 Å². The van der Waals surface area contributed by atoms with Crippen LogP contribution in [-0.2, 0) is 19.8 Å². The van der Waals surface area contributed by atoms with E-state index in [1.807, 2.05) is 18.2 Å². The van der Waals surface area contributed by atoms with Crippen molar-refractivity contribution in [2.45, 2.75) is 61.8 Å². The lowest BCUT2D eigenvalue weighted by Gasteiger charge is -2.43. The lowest BCUT2D eigenvalue weighted by Crippen LogP contribution is -2.59. The first-order chi connectivity index (χ1) is 20.9. The standard InChI is InChI=1S/C30H31F2N4O6PS/c31-30(32,43(40,41)42)20-4-7-25-18(10-20)13-26(44-25)27(37)34-23-12-17-9-16(17)11-21-5-6-24(36(21)28(23)38)29(39)35-14-19(15-35)22-3-1-2-8-33-22/h1-4,7-8,10,13,16-17,19,21,23-24H,5-6,9,11-12,14-15H2,(H,34,37)(H2,40,41,42)/t16-,17+,21+,23-,24-/m0/s1. The summed E-state index contributed by atoms with van der Waals surface area (Å²) in [6.07, 6.45) is 5.35. The summed E-state index contributed by atoms with van der Waals surface area (Å²) < 4.78 is 40.4. The molecule has 0 bridgehead atoms. The molecule has 3 aromatic rings. The number of likely N-dealkylation sites (tertiary alicyclic amines) is 1. The number of nitrogens with zero attached hydrogens (tertiary/aromatic N) is 3. The van der Waals surface area contributed by atoms with E-state index in [1.54, 1.807) is 16.0 Å². The van der Waals surface area contributed by atoms with Gasteiger partial charge in [0.05, 0.1) is 4.88 Å². The van der Waals surface area contributed by atoms with Gasteiger partial charge in [-0.05, 0) is 79.7 Å². The lowest BCUT2D eigenvalue weighted by atomic mass is 9.94. The van der Waals surface area contributed by atoms with E-state index in [0.717, 1.165) is 48.4 Å². The Morgan fingerprint density at radius 3 is 2.55 bits per heavy atom. The molecule has 10 nitrogen and oxygen atoms in total. The molecule has 0 radical (unpaired) electrons. The van der Waals surface area contributed by atoms with Gasteiger partial charge in [-0.15, -0.1) is 11.3 Å². The maximum absolute atomic E-state index is 14.3. The van der Waals surface area contributed by atoms with E-state index >= 15 is 0 Å². The number of amides is 3.